The second-order valence-corrected chi connectivity index (χ2v) is 10.0. The molecule has 0 atom stereocenters. The van der Waals surface area contributed by atoms with Crippen molar-refractivity contribution in [1.82, 2.24) is 10.0 Å². The monoisotopic (exact) mass is 470 g/mol. The number of carbonyl (C=O) groups is 2. The molecule has 8 heteroatoms. The smallest absolute Gasteiger partial charge is 0.279 e. The topological polar surface area (TPSA) is 81.1 Å². The van der Waals surface area contributed by atoms with Gasteiger partial charge in [-0.25, -0.2) is 10.0 Å². The number of fused-ring (bicyclic) bond motifs is 1. The highest BCUT2D eigenvalue weighted by molar-refractivity contribution is 8.25. The van der Waals surface area contributed by atoms with Crippen molar-refractivity contribution in [2.75, 3.05) is 13.1 Å². The first-order chi connectivity index (χ1) is 15.5. The standard InChI is InChI=1S/C24H26N2O4S2/c1-3-5-12-25-22(29)18(23(30)26(25)13-6-4-2)24-31-20-17(27)14-16(19(28)21(20)32-24)15-10-8-7-9-11-15/h7-11,14,27-28H,3-6,12-13H2,1-2H3. The molecule has 2 heterocycles. The van der Waals surface area contributed by atoms with Gasteiger partial charge in [0.2, 0.25) is 0 Å². The van der Waals surface area contributed by atoms with Gasteiger partial charge in [0, 0.05) is 18.7 Å². The number of amides is 2. The molecular formula is C24H26N2O4S2. The van der Waals surface area contributed by atoms with Crippen molar-refractivity contribution in [3.63, 3.8) is 0 Å². The van der Waals surface area contributed by atoms with Crippen molar-refractivity contribution in [2.24, 2.45) is 0 Å². The predicted octanol–water partition coefficient (Wildman–Crippen LogP) is 5.36. The lowest BCUT2D eigenvalue weighted by atomic mass is 10.0. The highest BCUT2D eigenvalue weighted by Gasteiger charge is 2.44. The van der Waals surface area contributed by atoms with Gasteiger partial charge < -0.3 is 10.2 Å². The van der Waals surface area contributed by atoms with Crippen LogP contribution in [-0.2, 0) is 9.59 Å². The van der Waals surface area contributed by atoms with E-state index in [4.69, 9.17) is 0 Å². The summed E-state index contributed by atoms with van der Waals surface area (Å²) in [5, 5.41) is 24.7. The van der Waals surface area contributed by atoms with Gasteiger partial charge in [-0.3, -0.25) is 9.59 Å². The van der Waals surface area contributed by atoms with Crippen LogP contribution >= 0.6 is 23.5 Å². The Balaban J connectivity index is 1.72. The van der Waals surface area contributed by atoms with Gasteiger partial charge in [0.15, 0.2) is 0 Å². The summed E-state index contributed by atoms with van der Waals surface area (Å²) in [5.74, 6) is -0.539. The lowest BCUT2D eigenvalue weighted by molar-refractivity contribution is -0.147. The molecule has 0 aliphatic carbocycles. The maximum atomic E-state index is 13.2. The summed E-state index contributed by atoms with van der Waals surface area (Å²) in [6.45, 7) is 5.09. The molecule has 2 aromatic rings. The Morgan fingerprint density at radius 1 is 0.844 bits per heavy atom. The first kappa shape index (κ1) is 22.6. The first-order valence-corrected chi connectivity index (χ1v) is 12.5. The van der Waals surface area contributed by atoms with Gasteiger partial charge >= 0.3 is 0 Å². The summed E-state index contributed by atoms with van der Waals surface area (Å²) >= 11 is 2.35. The second kappa shape index (κ2) is 9.50. The van der Waals surface area contributed by atoms with E-state index >= 15 is 0 Å². The SMILES string of the molecule is CCCCN1C(=O)C(=C2Sc3c(O)cc(-c4ccccc4)c(O)c3S2)C(=O)N1CCCC. The van der Waals surface area contributed by atoms with Gasteiger partial charge in [-0.2, -0.15) is 0 Å². The number of benzene rings is 2. The van der Waals surface area contributed by atoms with Gasteiger partial charge in [0.1, 0.15) is 17.1 Å². The molecule has 0 saturated carbocycles. The molecule has 0 spiro atoms. The molecule has 2 aliphatic heterocycles. The summed E-state index contributed by atoms with van der Waals surface area (Å²) in [4.78, 5) is 27.4. The highest BCUT2D eigenvalue weighted by atomic mass is 32.2. The molecule has 4 rings (SSSR count). The van der Waals surface area contributed by atoms with Crippen LogP contribution < -0.4 is 0 Å². The molecule has 1 saturated heterocycles. The second-order valence-electron chi connectivity index (χ2n) is 7.75. The Bertz CT molecular complexity index is 1060. The number of thioether (sulfide) groups is 2. The molecule has 0 bridgehead atoms. The molecule has 0 unspecified atom stereocenters. The van der Waals surface area contributed by atoms with Gasteiger partial charge in [-0.05, 0) is 24.5 Å². The molecule has 2 aliphatic rings. The number of hydrazine groups is 1. The molecule has 0 aromatic heterocycles. The Labute approximate surface area is 196 Å². The maximum Gasteiger partial charge on any atom is 0.279 e. The number of hydrogen-bond acceptors (Lipinski definition) is 6. The van der Waals surface area contributed by atoms with Crippen molar-refractivity contribution < 1.29 is 19.8 Å². The first-order valence-electron chi connectivity index (χ1n) is 10.9. The third-order valence-electron chi connectivity index (χ3n) is 5.50. The summed E-state index contributed by atoms with van der Waals surface area (Å²) < 4.78 is 0.506. The molecule has 2 aromatic carbocycles. The van der Waals surface area contributed by atoms with Crippen LogP contribution in [-0.4, -0.2) is 45.1 Å². The van der Waals surface area contributed by atoms with Crippen LogP contribution in [0.5, 0.6) is 11.5 Å². The van der Waals surface area contributed by atoms with Crippen molar-refractivity contribution in [1.29, 1.82) is 0 Å². The lowest BCUT2D eigenvalue weighted by Crippen LogP contribution is -2.42. The molecule has 2 N–H and O–H groups in total. The summed E-state index contributed by atoms with van der Waals surface area (Å²) in [6.07, 6.45) is 3.47. The third kappa shape index (κ3) is 3.97. The Hall–Kier alpha value is -2.58. The van der Waals surface area contributed by atoms with Crippen LogP contribution in [0, 0.1) is 0 Å². The van der Waals surface area contributed by atoms with E-state index in [1.807, 2.05) is 44.2 Å². The minimum Gasteiger partial charge on any atom is -0.507 e. The van der Waals surface area contributed by atoms with Crippen molar-refractivity contribution >= 4 is 35.3 Å². The number of nitrogens with zero attached hydrogens (tertiary/aromatic N) is 2. The fraction of sp³-hybridized carbons (Fsp3) is 0.333. The van der Waals surface area contributed by atoms with Gasteiger partial charge in [0.05, 0.1) is 14.0 Å². The molecule has 6 nitrogen and oxygen atoms in total. The van der Waals surface area contributed by atoms with Gasteiger partial charge in [-0.15, -0.1) is 0 Å². The predicted molar refractivity (Wildman–Crippen MR) is 127 cm³/mol. The number of aromatic hydroxyl groups is 2. The fourth-order valence-electron chi connectivity index (χ4n) is 3.76. The number of hydrogen-bond donors (Lipinski definition) is 2. The van der Waals surface area contributed by atoms with E-state index in [0.717, 1.165) is 31.2 Å². The fourth-order valence-corrected chi connectivity index (χ4v) is 6.36. The zero-order chi connectivity index (χ0) is 22.8. The van der Waals surface area contributed by atoms with E-state index in [0.29, 0.717) is 32.7 Å². The van der Waals surface area contributed by atoms with Crippen LogP contribution in [0.3, 0.4) is 0 Å². The van der Waals surface area contributed by atoms with E-state index in [9.17, 15) is 19.8 Å². The van der Waals surface area contributed by atoms with E-state index in [1.54, 1.807) is 10.0 Å². The lowest BCUT2D eigenvalue weighted by Gasteiger charge is -2.27. The number of phenolic OH excluding ortho intramolecular Hbond substituents is 2. The van der Waals surface area contributed by atoms with E-state index in [1.165, 1.54) is 29.6 Å². The zero-order valence-electron chi connectivity index (χ0n) is 18.1. The Morgan fingerprint density at radius 2 is 1.41 bits per heavy atom. The highest BCUT2D eigenvalue weighted by Crippen LogP contribution is 2.61. The van der Waals surface area contributed by atoms with E-state index in [2.05, 4.69) is 0 Å². The van der Waals surface area contributed by atoms with E-state index in [-0.39, 0.29) is 28.9 Å². The van der Waals surface area contributed by atoms with E-state index < -0.39 is 0 Å². The average molecular weight is 471 g/mol. The number of carbonyl (C=O) groups excluding carboxylic acids is 2. The molecule has 2 amide bonds. The third-order valence-corrected chi connectivity index (χ3v) is 8.13. The van der Waals surface area contributed by atoms with Crippen molar-refractivity contribution in [2.45, 2.75) is 49.3 Å². The van der Waals surface area contributed by atoms with Gasteiger partial charge in [-0.1, -0.05) is 80.5 Å². The van der Waals surface area contributed by atoms with Crippen LogP contribution in [0.25, 0.3) is 11.1 Å². The van der Waals surface area contributed by atoms with Crippen LogP contribution in [0.1, 0.15) is 39.5 Å². The Kier molecular flexibility index (Phi) is 6.71. The minimum atomic E-state index is -0.301. The number of unbranched alkanes of at least 4 members (excludes halogenated alkanes) is 2. The summed E-state index contributed by atoms with van der Waals surface area (Å²) in [5.41, 5.74) is 1.42. The van der Waals surface area contributed by atoms with Crippen LogP contribution in [0.4, 0.5) is 0 Å². The van der Waals surface area contributed by atoms with Crippen LogP contribution in [0.2, 0.25) is 0 Å². The normalized spacial score (nSPS) is 15.8. The van der Waals surface area contributed by atoms with Crippen molar-refractivity contribution in [3.05, 3.63) is 46.2 Å². The zero-order valence-corrected chi connectivity index (χ0v) is 19.8. The minimum absolute atomic E-state index is 0.0216. The molecule has 0 radical (unpaired) electrons. The molecule has 32 heavy (non-hydrogen) atoms. The molecule has 1 fully saturated rings. The van der Waals surface area contributed by atoms with Crippen LogP contribution in [0.15, 0.2) is 56.0 Å². The largest absolute Gasteiger partial charge is 0.507 e. The maximum absolute atomic E-state index is 13.2. The molecule has 168 valence electrons. The average Bonchev–Trinajstić information content (AvgIpc) is 3.33. The number of rotatable bonds is 7. The van der Waals surface area contributed by atoms with Crippen molar-refractivity contribution in [3.8, 4) is 22.6 Å². The number of phenols is 2. The van der Waals surface area contributed by atoms with Gasteiger partial charge in [0.25, 0.3) is 11.8 Å². The Morgan fingerprint density at radius 3 is 1.97 bits per heavy atom. The summed E-state index contributed by atoms with van der Waals surface area (Å²) in [6, 6.07) is 10.8. The molecular weight excluding hydrogens is 444 g/mol. The summed E-state index contributed by atoms with van der Waals surface area (Å²) in [7, 11) is 0. The quantitative estimate of drug-likeness (QED) is 0.322.